The molecule has 0 spiro atoms. The topological polar surface area (TPSA) is 35.9 Å². The third kappa shape index (κ3) is 5.84. The number of hydrogen-bond acceptors (Lipinski definition) is 4. The number of aromatic hydroxyl groups is 1. The van der Waals surface area contributed by atoms with E-state index >= 15 is 0 Å². The van der Waals surface area contributed by atoms with Crippen LogP contribution >= 0.6 is 0 Å². The highest BCUT2D eigenvalue weighted by molar-refractivity contribution is 5.42. The second kappa shape index (κ2) is 9.94. The lowest BCUT2D eigenvalue weighted by atomic mass is 10.1. The molecule has 4 nitrogen and oxygen atoms in total. The van der Waals surface area contributed by atoms with Crippen LogP contribution in [-0.2, 0) is 19.7 Å². The van der Waals surface area contributed by atoms with Crippen LogP contribution < -0.4 is 4.74 Å². The van der Waals surface area contributed by atoms with E-state index in [1.165, 1.54) is 17.7 Å². The molecule has 0 atom stereocenters. The number of rotatable bonds is 7. The second-order valence-corrected chi connectivity index (χ2v) is 8.18. The summed E-state index contributed by atoms with van der Waals surface area (Å²) in [4.78, 5) is 4.90. The summed E-state index contributed by atoms with van der Waals surface area (Å²) in [5.74, 6) is 0.786. The Hall–Kier alpha value is -2.89. The van der Waals surface area contributed by atoms with Crippen molar-refractivity contribution in [3.63, 3.8) is 0 Å². The van der Waals surface area contributed by atoms with E-state index in [0.29, 0.717) is 12.4 Å². The summed E-state index contributed by atoms with van der Waals surface area (Å²) >= 11 is 0. The van der Waals surface area contributed by atoms with Crippen molar-refractivity contribution < 1.29 is 14.2 Å². The Morgan fingerprint density at radius 2 is 1.29 bits per heavy atom. The van der Waals surface area contributed by atoms with Crippen LogP contribution in [0.15, 0.2) is 66.7 Å². The highest BCUT2D eigenvalue weighted by atomic mass is 19.1. The number of piperazine rings is 1. The Kier molecular flexibility index (Phi) is 6.85. The fourth-order valence-corrected chi connectivity index (χ4v) is 3.87. The number of hydrogen-bond donors (Lipinski definition) is 1. The van der Waals surface area contributed by atoms with Crippen LogP contribution in [0.5, 0.6) is 11.5 Å². The molecular weight excluding hydrogens is 391 g/mol. The number of benzene rings is 3. The molecule has 162 valence electrons. The molecule has 0 aromatic heterocycles. The molecule has 1 fully saturated rings. The van der Waals surface area contributed by atoms with Crippen LogP contribution in [0.25, 0.3) is 0 Å². The standard InChI is InChI=1S/C26H29FN2O2/c1-20-25(30)3-2-4-26(20)31-19-23-7-5-21(6-8-23)17-28-13-15-29(16-14-28)18-22-9-11-24(27)12-10-22/h2-12,30H,13-19H2,1H3. The Morgan fingerprint density at radius 1 is 0.774 bits per heavy atom. The van der Waals surface area contributed by atoms with Gasteiger partial charge in [-0.05, 0) is 47.9 Å². The van der Waals surface area contributed by atoms with Crippen LogP contribution in [0.2, 0.25) is 0 Å². The van der Waals surface area contributed by atoms with E-state index in [1.807, 2.05) is 25.1 Å². The molecule has 5 heteroatoms. The van der Waals surface area contributed by atoms with Crippen molar-refractivity contribution in [3.8, 4) is 11.5 Å². The summed E-state index contributed by atoms with van der Waals surface area (Å²) in [5.41, 5.74) is 4.33. The molecule has 1 aliphatic rings. The van der Waals surface area contributed by atoms with Gasteiger partial charge in [0.05, 0.1) is 0 Å². The van der Waals surface area contributed by atoms with E-state index in [9.17, 15) is 9.50 Å². The van der Waals surface area contributed by atoms with Crippen molar-refractivity contribution in [1.29, 1.82) is 0 Å². The predicted octanol–water partition coefficient (Wildman–Crippen LogP) is 4.74. The molecule has 3 aromatic rings. The van der Waals surface area contributed by atoms with E-state index in [0.717, 1.165) is 56.0 Å². The molecular formula is C26H29FN2O2. The van der Waals surface area contributed by atoms with Gasteiger partial charge in [0, 0.05) is 44.8 Å². The molecule has 1 saturated heterocycles. The Morgan fingerprint density at radius 3 is 1.87 bits per heavy atom. The van der Waals surface area contributed by atoms with Gasteiger partial charge in [0.1, 0.15) is 23.9 Å². The molecule has 4 rings (SSSR count). The fraction of sp³-hybridized carbons (Fsp3) is 0.308. The fourth-order valence-electron chi connectivity index (χ4n) is 3.87. The molecule has 0 radical (unpaired) electrons. The lowest BCUT2D eigenvalue weighted by molar-refractivity contribution is 0.122. The van der Waals surface area contributed by atoms with Crippen LogP contribution in [0.1, 0.15) is 22.3 Å². The lowest BCUT2D eigenvalue weighted by Gasteiger charge is -2.34. The molecule has 0 amide bonds. The average Bonchev–Trinajstić information content (AvgIpc) is 2.79. The first kappa shape index (κ1) is 21.3. The van der Waals surface area contributed by atoms with Crippen LogP contribution in [0.3, 0.4) is 0 Å². The van der Waals surface area contributed by atoms with E-state index in [4.69, 9.17) is 4.74 Å². The minimum absolute atomic E-state index is 0.180. The van der Waals surface area contributed by atoms with Gasteiger partial charge >= 0.3 is 0 Å². The average molecular weight is 421 g/mol. The molecule has 1 aliphatic heterocycles. The Balaban J connectivity index is 1.23. The first-order valence-electron chi connectivity index (χ1n) is 10.8. The molecule has 1 heterocycles. The molecule has 0 saturated carbocycles. The summed E-state index contributed by atoms with van der Waals surface area (Å²) in [6, 6.07) is 20.7. The van der Waals surface area contributed by atoms with E-state index in [-0.39, 0.29) is 11.6 Å². The minimum Gasteiger partial charge on any atom is -0.508 e. The van der Waals surface area contributed by atoms with Gasteiger partial charge < -0.3 is 9.84 Å². The second-order valence-electron chi connectivity index (χ2n) is 8.18. The van der Waals surface area contributed by atoms with Crippen LogP contribution in [0.4, 0.5) is 4.39 Å². The highest BCUT2D eigenvalue weighted by Gasteiger charge is 2.17. The largest absolute Gasteiger partial charge is 0.508 e. The molecule has 0 unspecified atom stereocenters. The summed E-state index contributed by atoms with van der Waals surface area (Å²) in [6.07, 6.45) is 0. The normalized spacial score (nSPS) is 15.2. The Labute approximate surface area is 183 Å². The first-order valence-corrected chi connectivity index (χ1v) is 10.8. The summed E-state index contributed by atoms with van der Waals surface area (Å²) < 4.78 is 18.9. The zero-order valence-corrected chi connectivity index (χ0v) is 17.9. The van der Waals surface area contributed by atoms with Crippen molar-refractivity contribution in [1.82, 2.24) is 9.80 Å². The van der Waals surface area contributed by atoms with Gasteiger partial charge in [0.25, 0.3) is 0 Å². The number of phenolic OH excluding ortho intramolecular Hbond substituents is 1. The van der Waals surface area contributed by atoms with Gasteiger partial charge in [-0.3, -0.25) is 9.80 Å². The SMILES string of the molecule is Cc1c(O)cccc1OCc1ccc(CN2CCN(Cc3ccc(F)cc3)CC2)cc1. The zero-order valence-electron chi connectivity index (χ0n) is 17.9. The zero-order chi connectivity index (χ0) is 21.6. The van der Waals surface area contributed by atoms with Crippen molar-refractivity contribution in [2.75, 3.05) is 26.2 Å². The molecule has 0 bridgehead atoms. The maximum absolute atomic E-state index is 13.1. The first-order chi connectivity index (χ1) is 15.1. The van der Waals surface area contributed by atoms with Crippen molar-refractivity contribution in [2.45, 2.75) is 26.6 Å². The number of halogens is 1. The smallest absolute Gasteiger partial charge is 0.126 e. The summed E-state index contributed by atoms with van der Waals surface area (Å²) in [6.45, 7) is 8.25. The molecule has 3 aromatic carbocycles. The highest BCUT2D eigenvalue weighted by Crippen LogP contribution is 2.26. The molecule has 31 heavy (non-hydrogen) atoms. The molecule has 1 N–H and O–H groups in total. The quantitative estimate of drug-likeness (QED) is 0.599. The van der Waals surface area contributed by atoms with Crippen molar-refractivity contribution in [3.05, 3.63) is 94.8 Å². The molecule has 0 aliphatic carbocycles. The summed E-state index contributed by atoms with van der Waals surface area (Å²) in [5, 5.41) is 9.79. The van der Waals surface area contributed by atoms with Gasteiger partial charge in [-0.2, -0.15) is 0 Å². The van der Waals surface area contributed by atoms with E-state index in [2.05, 4.69) is 34.1 Å². The number of phenols is 1. The Bertz CT molecular complexity index is 981. The monoisotopic (exact) mass is 420 g/mol. The van der Waals surface area contributed by atoms with Crippen LogP contribution in [-0.4, -0.2) is 41.1 Å². The third-order valence-corrected chi connectivity index (χ3v) is 5.86. The van der Waals surface area contributed by atoms with Gasteiger partial charge in [-0.15, -0.1) is 0 Å². The van der Waals surface area contributed by atoms with Crippen LogP contribution in [0, 0.1) is 12.7 Å². The minimum atomic E-state index is -0.180. The van der Waals surface area contributed by atoms with Gasteiger partial charge in [0.15, 0.2) is 0 Å². The maximum atomic E-state index is 13.1. The van der Waals surface area contributed by atoms with Crippen molar-refractivity contribution >= 4 is 0 Å². The summed E-state index contributed by atoms with van der Waals surface area (Å²) in [7, 11) is 0. The number of nitrogens with zero attached hydrogens (tertiary/aromatic N) is 2. The van der Waals surface area contributed by atoms with Gasteiger partial charge in [-0.1, -0.05) is 42.5 Å². The van der Waals surface area contributed by atoms with Gasteiger partial charge in [0.2, 0.25) is 0 Å². The van der Waals surface area contributed by atoms with E-state index in [1.54, 1.807) is 12.1 Å². The van der Waals surface area contributed by atoms with E-state index < -0.39 is 0 Å². The maximum Gasteiger partial charge on any atom is 0.126 e. The number of ether oxygens (including phenoxy) is 1. The van der Waals surface area contributed by atoms with Crippen molar-refractivity contribution in [2.24, 2.45) is 0 Å². The predicted molar refractivity (Wildman–Crippen MR) is 121 cm³/mol. The third-order valence-electron chi connectivity index (χ3n) is 5.86. The van der Waals surface area contributed by atoms with Gasteiger partial charge in [-0.25, -0.2) is 4.39 Å². The lowest BCUT2D eigenvalue weighted by Crippen LogP contribution is -2.45.